The monoisotopic (exact) mass is 285 g/mol. The van der Waals surface area contributed by atoms with Gasteiger partial charge in [0.25, 0.3) is 0 Å². The molecular formula is C16H16ClN3. The summed E-state index contributed by atoms with van der Waals surface area (Å²) in [6.07, 6.45) is 1.83. The first-order valence-electron chi connectivity index (χ1n) is 6.71. The first kappa shape index (κ1) is 13.1. The summed E-state index contributed by atoms with van der Waals surface area (Å²) in [4.78, 5) is 9.15. The summed E-state index contributed by atoms with van der Waals surface area (Å²) in [7, 11) is 0. The summed E-state index contributed by atoms with van der Waals surface area (Å²) in [6, 6.07) is 12.0. The zero-order chi connectivity index (χ0) is 13.9. The molecule has 0 spiro atoms. The predicted octanol–water partition coefficient (Wildman–Crippen LogP) is 3.18. The number of rotatable bonds is 3. The quantitative estimate of drug-likeness (QED) is 0.940. The van der Waals surface area contributed by atoms with Crippen LogP contribution in [0.15, 0.2) is 47.6 Å². The highest BCUT2D eigenvalue weighted by atomic mass is 35.5. The second kappa shape index (κ2) is 5.63. The zero-order valence-electron chi connectivity index (χ0n) is 11.3. The first-order chi connectivity index (χ1) is 9.75. The molecule has 0 radical (unpaired) electrons. The van der Waals surface area contributed by atoms with Gasteiger partial charge in [-0.15, -0.1) is 0 Å². The molecule has 1 aromatic carbocycles. The lowest BCUT2D eigenvalue weighted by Crippen LogP contribution is -2.27. The Kier molecular flexibility index (Phi) is 3.70. The second-order valence-corrected chi connectivity index (χ2v) is 5.32. The van der Waals surface area contributed by atoms with Crippen molar-refractivity contribution in [2.75, 3.05) is 13.1 Å². The Morgan fingerprint density at radius 2 is 2.00 bits per heavy atom. The van der Waals surface area contributed by atoms with Crippen molar-refractivity contribution in [3.8, 4) is 0 Å². The van der Waals surface area contributed by atoms with E-state index in [1.54, 1.807) is 0 Å². The number of nitrogens with one attached hydrogen (secondary N) is 1. The molecule has 1 aliphatic heterocycles. The van der Waals surface area contributed by atoms with Crippen LogP contribution in [-0.4, -0.2) is 23.9 Å². The standard InChI is InChI=1S/C16H16ClN3/c1-11-3-2-8-18-15(11)14(16-19-9-10-20-16)12-4-6-13(17)7-5-12/h2-8,14H,9-10H2,1H3,(H,19,20). The molecule has 102 valence electrons. The summed E-state index contributed by atoms with van der Waals surface area (Å²) in [6.45, 7) is 3.80. The van der Waals surface area contributed by atoms with Gasteiger partial charge < -0.3 is 5.32 Å². The van der Waals surface area contributed by atoms with Crippen LogP contribution in [0, 0.1) is 6.92 Å². The molecule has 0 fully saturated rings. The molecule has 0 saturated heterocycles. The molecule has 3 rings (SSSR count). The van der Waals surface area contributed by atoms with Crippen molar-refractivity contribution < 1.29 is 0 Å². The molecular weight excluding hydrogens is 270 g/mol. The number of nitrogens with zero attached hydrogens (tertiary/aromatic N) is 2. The van der Waals surface area contributed by atoms with E-state index in [0.29, 0.717) is 0 Å². The fraction of sp³-hybridized carbons (Fsp3) is 0.250. The number of pyridine rings is 1. The Bertz CT molecular complexity index is 634. The van der Waals surface area contributed by atoms with Crippen molar-refractivity contribution in [3.63, 3.8) is 0 Å². The summed E-state index contributed by atoms with van der Waals surface area (Å²) in [5.74, 6) is 1.05. The van der Waals surface area contributed by atoms with Crippen molar-refractivity contribution in [1.82, 2.24) is 10.3 Å². The van der Waals surface area contributed by atoms with Gasteiger partial charge in [0.05, 0.1) is 18.2 Å². The minimum atomic E-state index is 0.0518. The van der Waals surface area contributed by atoms with E-state index >= 15 is 0 Å². The highest BCUT2D eigenvalue weighted by Gasteiger charge is 2.25. The Hall–Kier alpha value is -1.87. The van der Waals surface area contributed by atoms with E-state index in [2.05, 4.69) is 28.3 Å². The highest BCUT2D eigenvalue weighted by molar-refractivity contribution is 6.30. The number of amidine groups is 1. The van der Waals surface area contributed by atoms with E-state index in [4.69, 9.17) is 11.6 Å². The smallest absolute Gasteiger partial charge is 0.110 e. The van der Waals surface area contributed by atoms with Crippen LogP contribution in [0.1, 0.15) is 22.7 Å². The van der Waals surface area contributed by atoms with Gasteiger partial charge in [-0.1, -0.05) is 29.8 Å². The minimum Gasteiger partial charge on any atom is -0.371 e. The molecule has 0 saturated carbocycles. The number of hydrogen-bond donors (Lipinski definition) is 1. The fourth-order valence-electron chi connectivity index (χ4n) is 2.51. The van der Waals surface area contributed by atoms with Crippen LogP contribution in [-0.2, 0) is 0 Å². The molecule has 4 heteroatoms. The number of halogens is 1. The molecule has 2 heterocycles. The topological polar surface area (TPSA) is 37.3 Å². The number of aryl methyl sites for hydroxylation is 1. The molecule has 20 heavy (non-hydrogen) atoms. The Morgan fingerprint density at radius 3 is 2.65 bits per heavy atom. The predicted molar refractivity (Wildman–Crippen MR) is 82.6 cm³/mol. The molecule has 3 nitrogen and oxygen atoms in total. The molecule has 0 aliphatic carbocycles. The van der Waals surface area contributed by atoms with E-state index in [1.807, 2.05) is 36.5 Å². The summed E-state index contributed by atoms with van der Waals surface area (Å²) >= 11 is 5.99. The lowest BCUT2D eigenvalue weighted by atomic mass is 9.91. The maximum Gasteiger partial charge on any atom is 0.110 e. The lowest BCUT2D eigenvalue weighted by Gasteiger charge is -2.19. The number of hydrogen-bond acceptors (Lipinski definition) is 3. The molecule has 1 atom stereocenters. The number of aliphatic imine (C=N–C) groups is 1. The van der Waals surface area contributed by atoms with Crippen LogP contribution in [0.2, 0.25) is 5.02 Å². The van der Waals surface area contributed by atoms with Crippen molar-refractivity contribution in [3.05, 3.63) is 64.4 Å². The summed E-state index contributed by atoms with van der Waals surface area (Å²) in [5, 5.41) is 4.11. The van der Waals surface area contributed by atoms with E-state index in [1.165, 1.54) is 5.56 Å². The van der Waals surface area contributed by atoms with Gasteiger partial charge in [-0.05, 0) is 36.2 Å². The molecule has 1 N–H and O–H groups in total. The highest BCUT2D eigenvalue weighted by Crippen LogP contribution is 2.28. The molecule has 0 bridgehead atoms. The largest absolute Gasteiger partial charge is 0.371 e. The lowest BCUT2D eigenvalue weighted by molar-refractivity contribution is 0.909. The fourth-order valence-corrected chi connectivity index (χ4v) is 2.64. The second-order valence-electron chi connectivity index (χ2n) is 4.88. The molecule has 1 aliphatic rings. The SMILES string of the molecule is Cc1cccnc1C(C1=NCCN1)c1ccc(Cl)cc1. The van der Waals surface area contributed by atoms with Crippen molar-refractivity contribution in [1.29, 1.82) is 0 Å². The molecule has 0 amide bonds. The third-order valence-electron chi connectivity index (χ3n) is 3.50. The van der Waals surface area contributed by atoms with Crippen LogP contribution in [0.4, 0.5) is 0 Å². The Balaban J connectivity index is 2.09. The van der Waals surface area contributed by atoms with E-state index < -0.39 is 0 Å². The van der Waals surface area contributed by atoms with Gasteiger partial charge in [-0.2, -0.15) is 0 Å². The first-order valence-corrected chi connectivity index (χ1v) is 7.08. The van der Waals surface area contributed by atoms with Crippen molar-refractivity contribution in [2.45, 2.75) is 12.8 Å². The molecule has 2 aromatic rings. The maximum atomic E-state index is 5.99. The molecule has 1 aromatic heterocycles. The van der Waals surface area contributed by atoms with Crippen LogP contribution in [0.5, 0.6) is 0 Å². The van der Waals surface area contributed by atoms with Crippen LogP contribution in [0.3, 0.4) is 0 Å². The van der Waals surface area contributed by atoms with Gasteiger partial charge in [-0.3, -0.25) is 9.98 Å². The van der Waals surface area contributed by atoms with Gasteiger partial charge in [0.2, 0.25) is 0 Å². The molecule has 1 unspecified atom stereocenters. The Labute approximate surface area is 123 Å². The average Bonchev–Trinajstić information content (AvgIpc) is 2.97. The van der Waals surface area contributed by atoms with Crippen molar-refractivity contribution >= 4 is 17.4 Å². The van der Waals surface area contributed by atoms with Gasteiger partial charge >= 0.3 is 0 Å². The van der Waals surface area contributed by atoms with E-state index in [-0.39, 0.29) is 5.92 Å². The Morgan fingerprint density at radius 1 is 1.20 bits per heavy atom. The van der Waals surface area contributed by atoms with Gasteiger partial charge in [0.1, 0.15) is 5.84 Å². The van der Waals surface area contributed by atoms with Crippen molar-refractivity contribution in [2.24, 2.45) is 4.99 Å². The van der Waals surface area contributed by atoms with Gasteiger partial charge in [-0.25, -0.2) is 0 Å². The summed E-state index contributed by atoms with van der Waals surface area (Å²) in [5.41, 5.74) is 3.37. The van der Waals surface area contributed by atoms with Crippen LogP contribution in [0.25, 0.3) is 0 Å². The number of benzene rings is 1. The van der Waals surface area contributed by atoms with E-state index in [9.17, 15) is 0 Å². The van der Waals surface area contributed by atoms with Crippen LogP contribution >= 0.6 is 11.6 Å². The normalized spacial score (nSPS) is 15.6. The third kappa shape index (κ3) is 2.54. The van der Waals surface area contributed by atoms with Gasteiger partial charge in [0, 0.05) is 17.8 Å². The summed E-state index contributed by atoms with van der Waals surface area (Å²) < 4.78 is 0. The van der Waals surface area contributed by atoms with E-state index in [0.717, 1.165) is 35.2 Å². The minimum absolute atomic E-state index is 0.0518. The number of aromatic nitrogens is 1. The van der Waals surface area contributed by atoms with Crippen LogP contribution < -0.4 is 5.32 Å². The third-order valence-corrected chi connectivity index (χ3v) is 3.75. The maximum absolute atomic E-state index is 5.99. The van der Waals surface area contributed by atoms with Gasteiger partial charge in [0.15, 0.2) is 0 Å². The zero-order valence-corrected chi connectivity index (χ0v) is 12.1. The average molecular weight is 286 g/mol.